The Kier molecular flexibility index (Phi) is 12.9. The molecule has 0 saturated heterocycles. The van der Waals surface area contributed by atoms with E-state index in [1.165, 1.54) is 25.7 Å². The summed E-state index contributed by atoms with van der Waals surface area (Å²) in [6.45, 7) is 13.2. The van der Waals surface area contributed by atoms with Crippen LogP contribution in [-0.2, 0) is 14.3 Å². The molecule has 0 N–H and O–H groups in total. The van der Waals surface area contributed by atoms with Crippen molar-refractivity contribution < 1.29 is 28.6 Å². The molecule has 0 amide bonds. The zero-order valence-corrected chi connectivity index (χ0v) is 25.4. The molecule has 1 saturated carbocycles. The number of esters is 1. The topological polar surface area (TPSA) is 78.9 Å². The lowest BCUT2D eigenvalue weighted by Crippen LogP contribution is -2.11. The van der Waals surface area contributed by atoms with Gasteiger partial charge in [0, 0.05) is 17.6 Å². The second kappa shape index (κ2) is 16.3. The molecule has 0 heterocycles. The van der Waals surface area contributed by atoms with E-state index in [2.05, 4.69) is 34.3 Å². The van der Waals surface area contributed by atoms with Crippen LogP contribution in [0.5, 0.6) is 5.75 Å². The van der Waals surface area contributed by atoms with Crippen molar-refractivity contribution in [2.24, 2.45) is 29.6 Å². The predicted octanol–water partition coefficient (Wildman–Crippen LogP) is 8.95. The van der Waals surface area contributed by atoms with Crippen LogP contribution in [0.3, 0.4) is 0 Å². The fourth-order valence-electron chi connectivity index (χ4n) is 5.67. The van der Waals surface area contributed by atoms with Crippen LogP contribution in [0.1, 0.15) is 95.8 Å². The van der Waals surface area contributed by atoms with Crippen LogP contribution in [-0.4, -0.2) is 31.1 Å². The van der Waals surface area contributed by atoms with E-state index in [4.69, 9.17) is 14.2 Å². The number of hydrogen-bond donors (Lipinski definition) is 0. The average Bonchev–Trinajstić information content (AvgIpc) is 3.74. The van der Waals surface area contributed by atoms with E-state index >= 15 is 0 Å². The Hall–Kier alpha value is -3.15. The quantitative estimate of drug-likeness (QED) is 0.0591. The van der Waals surface area contributed by atoms with Gasteiger partial charge >= 0.3 is 12.1 Å². The summed E-state index contributed by atoms with van der Waals surface area (Å²) in [5, 5.41) is 1.85. The highest BCUT2D eigenvalue weighted by atomic mass is 16.7. The largest absolute Gasteiger partial charge is 0.513 e. The molecule has 0 aliphatic heterocycles. The van der Waals surface area contributed by atoms with Gasteiger partial charge in [-0.3, -0.25) is 4.79 Å². The Morgan fingerprint density at radius 2 is 1.56 bits per heavy atom. The van der Waals surface area contributed by atoms with Crippen LogP contribution in [0.15, 0.2) is 49.1 Å². The van der Waals surface area contributed by atoms with Crippen LogP contribution in [0.4, 0.5) is 4.79 Å². The van der Waals surface area contributed by atoms with Gasteiger partial charge in [-0.25, -0.2) is 9.59 Å². The molecule has 224 valence electrons. The molecule has 41 heavy (non-hydrogen) atoms. The van der Waals surface area contributed by atoms with Gasteiger partial charge in [0.25, 0.3) is 0 Å². The average molecular weight is 565 g/mol. The van der Waals surface area contributed by atoms with E-state index in [1.807, 2.05) is 24.3 Å². The summed E-state index contributed by atoms with van der Waals surface area (Å²) in [5.41, 5.74) is 0.758. The van der Waals surface area contributed by atoms with E-state index in [-0.39, 0.29) is 18.3 Å². The number of carbonyl (C=O) groups excluding carboxylic acids is 3. The Morgan fingerprint density at radius 3 is 2.27 bits per heavy atom. The van der Waals surface area contributed by atoms with Crippen LogP contribution < -0.4 is 4.74 Å². The third-order valence-electron chi connectivity index (χ3n) is 8.13. The molecule has 2 aromatic rings. The molecule has 3 rings (SSSR count). The maximum atomic E-state index is 13.2. The number of ketones is 1. The summed E-state index contributed by atoms with van der Waals surface area (Å²) in [6, 6.07) is 11.2. The highest BCUT2D eigenvalue weighted by molar-refractivity contribution is 6.02. The third-order valence-corrected chi connectivity index (χ3v) is 8.13. The molecular weight excluding hydrogens is 516 g/mol. The van der Waals surface area contributed by atoms with Crippen LogP contribution in [0.25, 0.3) is 10.8 Å². The molecule has 1 aliphatic rings. The molecule has 4 unspecified atom stereocenters. The molecule has 4 atom stereocenters. The number of benzene rings is 2. The first-order valence-electron chi connectivity index (χ1n) is 15.4. The first kappa shape index (κ1) is 32.4. The van der Waals surface area contributed by atoms with E-state index < -0.39 is 12.1 Å². The molecule has 2 aromatic carbocycles. The first-order chi connectivity index (χ1) is 19.7. The predicted molar refractivity (Wildman–Crippen MR) is 163 cm³/mol. The Labute approximate surface area is 245 Å². The number of rotatable bonds is 18. The minimum Gasteiger partial charge on any atom is -0.463 e. The lowest BCUT2D eigenvalue weighted by Gasteiger charge is -2.18. The van der Waals surface area contributed by atoms with Gasteiger partial charge in [-0.2, -0.15) is 0 Å². The maximum absolute atomic E-state index is 13.2. The normalized spacial score (nSPS) is 17.6. The Bertz CT molecular complexity index is 1170. The molecule has 0 aromatic heterocycles. The number of ether oxygens (including phenoxy) is 3. The summed E-state index contributed by atoms with van der Waals surface area (Å²) >= 11 is 0. The molecule has 0 bridgehead atoms. The van der Waals surface area contributed by atoms with Crippen molar-refractivity contribution in [2.45, 2.75) is 85.5 Å². The number of Topliss-reactive ketones (excluding diaryl/α,β-unsaturated/α-hetero) is 1. The molecule has 0 spiro atoms. The lowest BCUT2D eigenvalue weighted by atomic mass is 9.88. The monoisotopic (exact) mass is 564 g/mol. The summed E-state index contributed by atoms with van der Waals surface area (Å²) in [4.78, 5) is 36.3. The number of hydrogen-bond acceptors (Lipinski definition) is 6. The fourth-order valence-corrected chi connectivity index (χ4v) is 5.67. The van der Waals surface area contributed by atoms with Crippen molar-refractivity contribution in [3.8, 4) is 5.75 Å². The van der Waals surface area contributed by atoms with Crippen molar-refractivity contribution in [3.63, 3.8) is 0 Å². The van der Waals surface area contributed by atoms with E-state index in [9.17, 15) is 14.4 Å². The zero-order valence-electron chi connectivity index (χ0n) is 25.4. The maximum Gasteiger partial charge on any atom is 0.513 e. The van der Waals surface area contributed by atoms with Crippen molar-refractivity contribution in [1.29, 1.82) is 0 Å². The lowest BCUT2D eigenvalue weighted by molar-refractivity contribution is -0.137. The van der Waals surface area contributed by atoms with Crippen molar-refractivity contribution in [1.82, 2.24) is 0 Å². The van der Waals surface area contributed by atoms with Crippen LogP contribution >= 0.6 is 0 Å². The molecular formula is C35H48O6. The Balaban J connectivity index is 1.40. The number of carbonyl (C=O) groups is 3. The van der Waals surface area contributed by atoms with Gasteiger partial charge in [-0.15, -0.1) is 0 Å². The summed E-state index contributed by atoms with van der Waals surface area (Å²) in [5.74, 6) is 2.93. The van der Waals surface area contributed by atoms with E-state index in [0.29, 0.717) is 36.5 Å². The van der Waals surface area contributed by atoms with Gasteiger partial charge in [0.1, 0.15) is 5.75 Å². The minimum absolute atomic E-state index is 0.137. The highest BCUT2D eigenvalue weighted by Crippen LogP contribution is 2.48. The summed E-state index contributed by atoms with van der Waals surface area (Å²) < 4.78 is 15.5. The van der Waals surface area contributed by atoms with Gasteiger partial charge in [0.15, 0.2) is 5.78 Å². The fraction of sp³-hybridized carbons (Fsp3) is 0.571. The van der Waals surface area contributed by atoms with E-state index in [1.54, 1.807) is 12.1 Å². The van der Waals surface area contributed by atoms with Crippen molar-refractivity contribution >= 4 is 28.7 Å². The zero-order chi connectivity index (χ0) is 29.8. The van der Waals surface area contributed by atoms with Crippen LogP contribution in [0.2, 0.25) is 0 Å². The van der Waals surface area contributed by atoms with Crippen molar-refractivity contribution in [2.75, 3.05) is 13.2 Å². The van der Waals surface area contributed by atoms with Gasteiger partial charge in [0.05, 0.1) is 13.2 Å². The van der Waals surface area contributed by atoms with Gasteiger partial charge < -0.3 is 14.2 Å². The number of unbranched alkanes of at least 4 members (excludes halogenated alkanes) is 3. The van der Waals surface area contributed by atoms with Gasteiger partial charge in [-0.1, -0.05) is 71.7 Å². The summed E-state index contributed by atoms with van der Waals surface area (Å²) in [7, 11) is 0. The smallest absolute Gasteiger partial charge is 0.463 e. The SMILES string of the molecule is C=CC(=O)OCCCCCCOC(=O)Oc1ccc2cc(C(=O)C3CC3C(C)CC(C)CCCC(C)C)ccc2c1. The molecule has 1 fully saturated rings. The number of fused-ring (bicyclic) bond motifs is 1. The van der Waals surface area contributed by atoms with E-state index in [0.717, 1.165) is 54.0 Å². The van der Waals surface area contributed by atoms with Crippen molar-refractivity contribution in [3.05, 3.63) is 54.6 Å². The van der Waals surface area contributed by atoms with Gasteiger partial charge in [0.2, 0.25) is 0 Å². The second-order valence-electron chi connectivity index (χ2n) is 12.2. The second-order valence-corrected chi connectivity index (χ2v) is 12.2. The molecule has 6 heteroatoms. The highest BCUT2D eigenvalue weighted by Gasteiger charge is 2.46. The molecule has 1 aliphatic carbocycles. The van der Waals surface area contributed by atoms with Crippen LogP contribution in [0, 0.1) is 29.6 Å². The standard InChI is InChI=1S/C35H48O6/c1-6-33(36)39-18-9-7-8-10-19-40-35(38)41-30-17-16-27-21-29(15-14-28(27)22-30)34(37)32-23-31(32)26(5)20-25(4)13-11-12-24(2)3/h6,14-17,21-22,24-26,31-32H,1,7-13,18-20,23H2,2-5H3. The Morgan fingerprint density at radius 1 is 0.878 bits per heavy atom. The first-order valence-corrected chi connectivity index (χ1v) is 15.4. The third kappa shape index (κ3) is 11.0. The van der Waals surface area contributed by atoms with Gasteiger partial charge in [-0.05, 0) is 91.2 Å². The minimum atomic E-state index is -0.737. The summed E-state index contributed by atoms with van der Waals surface area (Å²) in [6.07, 6.45) is 9.66. The molecule has 6 nitrogen and oxygen atoms in total. The molecule has 0 radical (unpaired) electrons.